The summed E-state index contributed by atoms with van der Waals surface area (Å²) in [7, 11) is 0. The van der Waals surface area contributed by atoms with Crippen molar-refractivity contribution in [2.45, 2.75) is 48.8 Å². The van der Waals surface area contributed by atoms with Crippen molar-refractivity contribution >= 4 is 11.4 Å². The third-order valence-electron chi connectivity index (χ3n) is 3.84. The molecule has 0 aliphatic carbocycles. The Kier molecular flexibility index (Phi) is 8.61. The summed E-state index contributed by atoms with van der Waals surface area (Å²) in [6, 6.07) is -0.0239. The number of benzene rings is 1. The van der Waals surface area contributed by atoms with E-state index in [1.807, 2.05) is 4.74 Å². The van der Waals surface area contributed by atoms with Crippen molar-refractivity contribution in [2.75, 3.05) is 0 Å². The van der Waals surface area contributed by atoms with Crippen LogP contribution in [0.5, 0.6) is 5.75 Å². The molecule has 2 atom stereocenters. The second-order valence-corrected chi connectivity index (χ2v) is 6.56. The Labute approximate surface area is 200 Å². The van der Waals surface area contributed by atoms with Crippen LogP contribution < -0.4 is 4.74 Å². The van der Waals surface area contributed by atoms with E-state index in [9.17, 15) is 90.5 Å². The molecule has 0 amide bonds. The molecule has 0 aliphatic heterocycles. The topological polar surface area (TPSA) is 114 Å². The van der Waals surface area contributed by atoms with Gasteiger partial charge in [0, 0.05) is 12.1 Å². The number of alkyl halides is 16. The van der Waals surface area contributed by atoms with Gasteiger partial charge in [0.05, 0.1) is 15.9 Å². The largest absolute Gasteiger partial charge is 0.462 e. The van der Waals surface area contributed by atoms with E-state index in [2.05, 4.69) is 4.74 Å². The molecular formula is C14H4F16N2O7. The molecular weight excluding hydrogens is 612 g/mol. The fourth-order valence-electron chi connectivity index (χ4n) is 2.00. The first-order valence-electron chi connectivity index (χ1n) is 8.51. The van der Waals surface area contributed by atoms with Crippen molar-refractivity contribution in [2.24, 2.45) is 0 Å². The quantitative estimate of drug-likeness (QED) is 0.160. The van der Waals surface area contributed by atoms with Crippen LogP contribution in [0.4, 0.5) is 81.6 Å². The molecule has 0 heterocycles. The molecule has 25 heteroatoms. The fourth-order valence-corrected chi connectivity index (χ4v) is 2.00. The van der Waals surface area contributed by atoms with Crippen molar-refractivity contribution in [3.8, 4) is 5.75 Å². The number of hydrogen-bond donors (Lipinski definition) is 0. The van der Waals surface area contributed by atoms with Crippen molar-refractivity contribution in [1.82, 2.24) is 0 Å². The van der Waals surface area contributed by atoms with Gasteiger partial charge in [0.1, 0.15) is 0 Å². The summed E-state index contributed by atoms with van der Waals surface area (Å²) in [5.41, 5.74) is -3.08. The van der Waals surface area contributed by atoms with Gasteiger partial charge in [0.25, 0.3) is 5.69 Å². The number of hydrogen-bond acceptors (Lipinski definition) is 7. The van der Waals surface area contributed by atoms with Crippen LogP contribution in [0.15, 0.2) is 18.2 Å². The van der Waals surface area contributed by atoms with Crippen LogP contribution in [0, 0.1) is 20.2 Å². The molecule has 1 rings (SSSR count). The van der Waals surface area contributed by atoms with E-state index >= 15 is 0 Å². The van der Waals surface area contributed by atoms with Crippen LogP contribution in [0.25, 0.3) is 0 Å². The molecule has 0 fully saturated rings. The number of ether oxygens (including phenoxy) is 3. The minimum atomic E-state index is -7.93. The number of non-ortho nitro benzene ring substituents is 1. The summed E-state index contributed by atoms with van der Waals surface area (Å²) < 4.78 is 216. The van der Waals surface area contributed by atoms with E-state index in [0.717, 1.165) is 0 Å². The molecule has 0 radical (unpaired) electrons. The molecule has 2 unspecified atom stereocenters. The van der Waals surface area contributed by atoms with Gasteiger partial charge in [-0.25, -0.2) is 4.39 Å². The van der Waals surface area contributed by atoms with E-state index in [4.69, 9.17) is 0 Å². The van der Waals surface area contributed by atoms with Gasteiger partial charge in [-0.2, -0.15) is 65.9 Å². The molecule has 0 aliphatic rings. The van der Waals surface area contributed by atoms with Crippen LogP contribution >= 0.6 is 0 Å². The molecule has 0 saturated carbocycles. The Morgan fingerprint density at radius 3 is 1.59 bits per heavy atom. The second-order valence-electron chi connectivity index (χ2n) is 6.56. The number of halogens is 16. The van der Waals surface area contributed by atoms with Gasteiger partial charge in [-0.3, -0.25) is 29.7 Å². The Balaban J connectivity index is 3.48. The SMILES string of the molecule is O=[N+]([O-])c1ccc([N+](=O)[O-])c(OC(F)(F)C(F)OC(F)(F)C(F)(OC(F)(F)C(F)(F)C(F)(F)F)C(F)(F)F)c1. The summed E-state index contributed by atoms with van der Waals surface area (Å²) in [5.74, 6) is -17.9. The maximum atomic E-state index is 14.0. The highest BCUT2D eigenvalue weighted by molar-refractivity contribution is 5.53. The molecule has 0 N–H and O–H groups in total. The van der Waals surface area contributed by atoms with E-state index < -0.39 is 75.8 Å². The maximum absolute atomic E-state index is 14.0. The van der Waals surface area contributed by atoms with E-state index in [-0.39, 0.29) is 18.2 Å². The molecule has 1 aromatic carbocycles. The van der Waals surface area contributed by atoms with Crippen LogP contribution in [-0.2, 0) is 9.47 Å². The summed E-state index contributed by atoms with van der Waals surface area (Å²) in [4.78, 5) is 18.3. The fraction of sp³-hybridized carbons (Fsp3) is 0.571. The average molecular weight is 616 g/mol. The average Bonchev–Trinajstić information content (AvgIpc) is 2.70. The van der Waals surface area contributed by atoms with Gasteiger partial charge in [-0.15, -0.1) is 0 Å². The Hall–Kier alpha value is -3.38. The van der Waals surface area contributed by atoms with Crippen molar-refractivity contribution in [3.05, 3.63) is 38.4 Å². The zero-order chi connectivity index (χ0) is 31.2. The van der Waals surface area contributed by atoms with Gasteiger partial charge in [0.15, 0.2) is 0 Å². The normalized spacial score (nSPS) is 16.4. The Bertz CT molecular complexity index is 1090. The third kappa shape index (κ3) is 6.44. The molecule has 0 aromatic heterocycles. The Morgan fingerprint density at radius 2 is 1.21 bits per heavy atom. The predicted octanol–water partition coefficient (Wildman–Crippen LogP) is 6.41. The summed E-state index contributed by atoms with van der Waals surface area (Å²) in [5, 5.41) is 21.4. The van der Waals surface area contributed by atoms with Crippen molar-refractivity contribution < 1.29 is 94.3 Å². The van der Waals surface area contributed by atoms with Gasteiger partial charge < -0.3 is 4.74 Å². The molecule has 9 nitrogen and oxygen atoms in total. The number of nitro groups is 2. The molecule has 224 valence electrons. The van der Waals surface area contributed by atoms with E-state index in [1.54, 1.807) is 0 Å². The zero-order valence-corrected chi connectivity index (χ0v) is 17.1. The third-order valence-corrected chi connectivity index (χ3v) is 3.84. The van der Waals surface area contributed by atoms with Crippen LogP contribution in [0.3, 0.4) is 0 Å². The molecule has 0 spiro atoms. The lowest BCUT2D eigenvalue weighted by atomic mass is 10.2. The van der Waals surface area contributed by atoms with E-state index in [1.165, 1.54) is 4.74 Å². The van der Waals surface area contributed by atoms with Gasteiger partial charge in [0.2, 0.25) is 5.75 Å². The predicted molar refractivity (Wildman–Crippen MR) is 83.2 cm³/mol. The molecule has 1 aromatic rings. The summed E-state index contributed by atoms with van der Waals surface area (Å²) in [6.45, 7) is 0. The van der Waals surface area contributed by atoms with Gasteiger partial charge in [-0.05, 0) is 0 Å². The number of nitro benzene ring substituents is 2. The minimum absolute atomic E-state index is 0.0270. The lowest BCUT2D eigenvalue weighted by molar-refractivity contribution is -0.543. The van der Waals surface area contributed by atoms with Crippen LogP contribution in [-0.4, -0.2) is 58.7 Å². The Morgan fingerprint density at radius 1 is 0.718 bits per heavy atom. The first-order chi connectivity index (χ1) is 17.0. The first-order valence-corrected chi connectivity index (χ1v) is 8.51. The highest BCUT2D eigenvalue weighted by Gasteiger charge is 2.84. The highest BCUT2D eigenvalue weighted by atomic mass is 19.4. The highest BCUT2D eigenvalue weighted by Crippen LogP contribution is 2.55. The minimum Gasteiger partial charge on any atom is -0.421 e. The smallest absolute Gasteiger partial charge is 0.421 e. The van der Waals surface area contributed by atoms with E-state index in [0.29, 0.717) is 0 Å². The lowest BCUT2D eigenvalue weighted by Gasteiger charge is -2.38. The van der Waals surface area contributed by atoms with Crippen molar-refractivity contribution in [3.63, 3.8) is 0 Å². The molecule has 0 saturated heterocycles. The number of rotatable bonds is 11. The lowest BCUT2D eigenvalue weighted by Crippen LogP contribution is -2.66. The van der Waals surface area contributed by atoms with Crippen molar-refractivity contribution in [1.29, 1.82) is 0 Å². The number of nitrogens with zero attached hydrogens (tertiary/aromatic N) is 2. The summed E-state index contributed by atoms with van der Waals surface area (Å²) >= 11 is 0. The standard InChI is InChI=1S/C14H4F16N2O7/c15-7(8(16,17)37-6-3-4(31(33)34)1-2-5(6)32(35)36)38-14(29,30)10(20,12(24,25)26)39-13(27,28)9(18,19)11(21,22)23/h1-3,7H. The van der Waals surface area contributed by atoms with Gasteiger partial charge >= 0.3 is 54.5 Å². The monoisotopic (exact) mass is 616 g/mol. The van der Waals surface area contributed by atoms with Crippen LogP contribution in [0.1, 0.15) is 0 Å². The van der Waals surface area contributed by atoms with Gasteiger partial charge in [-0.1, -0.05) is 0 Å². The maximum Gasteiger partial charge on any atom is 0.462 e. The molecule has 0 bridgehead atoms. The summed E-state index contributed by atoms with van der Waals surface area (Å²) in [6.07, 6.45) is -42.9. The zero-order valence-electron chi connectivity index (χ0n) is 17.1. The van der Waals surface area contributed by atoms with Crippen LogP contribution in [0.2, 0.25) is 0 Å². The second kappa shape index (κ2) is 9.98. The first kappa shape index (κ1) is 33.6. The molecule has 39 heavy (non-hydrogen) atoms.